The number of aromatic nitrogens is 2. The highest BCUT2D eigenvalue weighted by Gasteiger charge is 2.10. The van der Waals surface area contributed by atoms with Crippen LogP contribution in [0.25, 0.3) is 0 Å². The number of hydrogen-bond acceptors (Lipinski definition) is 6. The largest absolute Gasteiger partial charge is 0.493 e. The maximum Gasteiger partial charge on any atom is 0.320 e. The van der Waals surface area contributed by atoms with Crippen LogP contribution < -0.4 is 4.74 Å². The van der Waals surface area contributed by atoms with Crippen molar-refractivity contribution < 1.29 is 19.4 Å². The zero-order valence-electron chi connectivity index (χ0n) is 9.43. The van der Waals surface area contributed by atoms with Crippen LogP contribution in [0.1, 0.15) is 19.5 Å². The first-order chi connectivity index (χ1) is 7.51. The lowest BCUT2D eigenvalue weighted by Crippen LogP contribution is -2.11. The molecular weight excluding hydrogens is 212 g/mol. The Morgan fingerprint density at radius 2 is 2.19 bits per heavy atom. The van der Waals surface area contributed by atoms with Crippen molar-refractivity contribution in [3.8, 4) is 11.9 Å². The molecule has 0 spiro atoms. The van der Waals surface area contributed by atoms with Crippen LogP contribution in [0.3, 0.4) is 0 Å². The fraction of sp³-hybridized carbons (Fsp3) is 0.500. The molecule has 1 aromatic heterocycles. The molecule has 88 valence electrons. The Morgan fingerprint density at radius 1 is 1.50 bits per heavy atom. The number of carbonyl (C=O) groups is 1. The Bertz CT molecular complexity index is 379. The molecule has 1 aromatic rings. The predicted octanol–water partition coefficient (Wildman–Crippen LogP) is 0.685. The third-order valence-electron chi connectivity index (χ3n) is 1.64. The first kappa shape index (κ1) is 12.2. The van der Waals surface area contributed by atoms with Crippen molar-refractivity contribution in [2.24, 2.45) is 0 Å². The molecule has 0 aliphatic heterocycles. The Balaban J connectivity index is 2.85. The smallest absolute Gasteiger partial charge is 0.320 e. The molecule has 0 unspecified atom stereocenters. The van der Waals surface area contributed by atoms with Crippen LogP contribution in [-0.2, 0) is 16.0 Å². The van der Waals surface area contributed by atoms with Crippen molar-refractivity contribution in [2.75, 3.05) is 7.11 Å². The number of ether oxygens (including phenoxy) is 2. The van der Waals surface area contributed by atoms with Gasteiger partial charge >= 0.3 is 12.0 Å². The molecule has 0 fully saturated rings. The predicted molar refractivity (Wildman–Crippen MR) is 55.2 cm³/mol. The molecule has 0 aliphatic rings. The Hall–Kier alpha value is -1.85. The Kier molecular flexibility index (Phi) is 4.04. The molecule has 6 nitrogen and oxygen atoms in total. The number of carbonyl (C=O) groups excluding carboxylic acids is 1. The number of methoxy groups -OCH3 is 1. The van der Waals surface area contributed by atoms with E-state index in [1.807, 2.05) is 13.8 Å². The number of rotatable bonds is 4. The second-order valence-electron chi connectivity index (χ2n) is 3.42. The van der Waals surface area contributed by atoms with E-state index in [0.29, 0.717) is 5.69 Å². The molecule has 0 aliphatic carbocycles. The summed E-state index contributed by atoms with van der Waals surface area (Å²) in [4.78, 5) is 18.7. The maximum absolute atomic E-state index is 11.0. The van der Waals surface area contributed by atoms with E-state index in [1.54, 1.807) is 0 Å². The molecule has 16 heavy (non-hydrogen) atoms. The van der Waals surface area contributed by atoms with Crippen molar-refractivity contribution in [1.82, 2.24) is 9.97 Å². The van der Waals surface area contributed by atoms with Gasteiger partial charge in [-0.05, 0) is 13.8 Å². The van der Waals surface area contributed by atoms with Crippen molar-refractivity contribution in [3.63, 3.8) is 0 Å². The SMILES string of the molecule is COC(=O)Cc1cc(O)nc(OC(C)C)n1. The topological polar surface area (TPSA) is 81.5 Å². The lowest BCUT2D eigenvalue weighted by Gasteiger charge is -2.08. The standard InChI is InChI=1S/C10H14N2O4/c1-6(2)16-10-11-7(4-8(13)12-10)5-9(14)15-3/h4,6H,5H2,1-3H3,(H,11,12,13). The first-order valence-electron chi connectivity index (χ1n) is 4.81. The molecule has 0 aromatic carbocycles. The molecule has 0 atom stereocenters. The monoisotopic (exact) mass is 226 g/mol. The molecule has 6 heteroatoms. The summed E-state index contributed by atoms with van der Waals surface area (Å²) in [6.45, 7) is 3.63. The van der Waals surface area contributed by atoms with Gasteiger partial charge in [0.25, 0.3) is 0 Å². The summed E-state index contributed by atoms with van der Waals surface area (Å²) < 4.78 is 9.71. The van der Waals surface area contributed by atoms with Gasteiger partial charge in [-0.2, -0.15) is 9.97 Å². The minimum atomic E-state index is -0.436. The van der Waals surface area contributed by atoms with E-state index in [0.717, 1.165) is 0 Å². The summed E-state index contributed by atoms with van der Waals surface area (Å²) in [5, 5.41) is 9.31. The van der Waals surface area contributed by atoms with Gasteiger partial charge in [0.2, 0.25) is 5.88 Å². The molecule has 1 rings (SSSR count). The summed E-state index contributed by atoms with van der Waals surface area (Å²) in [6.07, 6.45) is -0.131. The fourth-order valence-electron chi connectivity index (χ4n) is 1.03. The van der Waals surface area contributed by atoms with E-state index in [-0.39, 0.29) is 24.4 Å². The minimum Gasteiger partial charge on any atom is -0.493 e. The molecule has 0 amide bonds. The van der Waals surface area contributed by atoms with Gasteiger partial charge in [-0.1, -0.05) is 0 Å². The molecule has 0 bridgehead atoms. The van der Waals surface area contributed by atoms with E-state index in [1.165, 1.54) is 13.2 Å². The second-order valence-corrected chi connectivity index (χ2v) is 3.42. The highest BCUT2D eigenvalue weighted by molar-refractivity contribution is 5.71. The Labute approximate surface area is 93.2 Å². The summed E-state index contributed by atoms with van der Waals surface area (Å²) in [7, 11) is 1.29. The molecule has 0 radical (unpaired) electrons. The third kappa shape index (κ3) is 3.72. The van der Waals surface area contributed by atoms with Crippen LogP contribution in [0.5, 0.6) is 11.9 Å². The summed E-state index contributed by atoms with van der Waals surface area (Å²) in [5.41, 5.74) is 0.356. The van der Waals surface area contributed by atoms with Gasteiger partial charge in [0.05, 0.1) is 25.3 Å². The average Bonchev–Trinajstić information content (AvgIpc) is 2.15. The third-order valence-corrected chi connectivity index (χ3v) is 1.64. The fourth-order valence-corrected chi connectivity index (χ4v) is 1.03. The van der Waals surface area contributed by atoms with Crippen LogP contribution in [0, 0.1) is 0 Å². The molecule has 0 saturated carbocycles. The highest BCUT2D eigenvalue weighted by Crippen LogP contribution is 2.14. The van der Waals surface area contributed by atoms with E-state index >= 15 is 0 Å². The van der Waals surface area contributed by atoms with Crippen molar-refractivity contribution >= 4 is 5.97 Å². The summed E-state index contributed by atoms with van der Waals surface area (Å²) in [5.74, 6) is -0.668. The zero-order valence-corrected chi connectivity index (χ0v) is 9.43. The van der Waals surface area contributed by atoms with Gasteiger partial charge < -0.3 is 14.6 Å². The summed E-state index contributed by atoms with van der Waals surface area (Å²) >= 11 is 0. The van der Waals surface area contributed by atoms with E-state index < -0.39 is 5.97 Å². The van der Waals surface area contributed by atoms with Gasteiger partial charge in [0, 0.05) is 6.07 Å². The zero-order chi connectivity index (χ0) is 12.1. The van der Waals surface area contributed by atoms with Crippen LogP contribution in [0.2, 0.25) is 0 Å². The lowest BCUT2D eigenvalue weighted by molar-refractivity contribution is -0.139. The van der Waals surface area contributed by atoms with Crippen LogP contribution >= 0.6 is 0 Å². The molecule has 0 saturated heterocycles. The number of hydrogen-bond donors (Lipinski definition) is 1. The van der Waals surface area contributed by atoms with Crippen molar-refractivity contribution in [2.45, 2.75) is 26.4 Å². The van der Waals surface area contributed by atoms with E-state index in [4.69, 9.17) is 4.74 Å². The van der Waals surface area contributed by atoms with Crippen LogP contribution in [0.4, 0.5) is 0 Å². The number of nitrogens with zero attached hydrogens (tertiary/aromatic N) is 2. The van der Waals surface area contributed by atoms with Crippen LogP contribution in [-0.4, -0.2) is 34.3 Å². The van der Waals surface area contributed by atoms with Gasteiger partial charge in [-0.25, -0.2) is 0 Å². The van der Waals surface area contributed by atoms with Crippen molar-refractivity contribution in [3.05, 3.63) is 11.8 Å². The van der Waals surface area contributed by atoms with Gasteiger partial charge in [0.15, 0.2) is 0 Å². The summed E-state index contributed by atoms with van der Waals surface area (Å²) in [6, 6.07) is 1.35. The molecular formula is C10H14N2O4. The normalized spacial score (nSPS) is 10.2. The second kappa shape index (κ2) is 5.29. The van der Waals surface area contributed by atoms with E-state index in [9.17, 15) is 9.90 Å². The van der Waals surface area contributed by atoms with Crippen LogP contribution in [0.15, 0.2) is 6.07 Å². The quantitative estimate of drug-likeness (QED) is 0.760. The average molecular weight is 226 g/mol. The molecule has 1 N–H and O–H groups in total. The highest BCUT2D eigenvalue weighted by atomic mass is 16.5. The minimum absolute atomic E-state index is 0.0268. The maximum atomic E-state index is 11.0. The van der Waals surface area contributed by atoms with Gasteiger partial charge in [0.1, 0.15) is 0 Å². The van der Waals surface area contributed by atoms with E-state index in [2.05, 4.69) is 14.7 Å². The van der Waals surface area contributed by atoms with Gasteiger partial charge in [-0.15, -0.1) is 0 Å². The van der Waals surface area contributed by atoms with Gasteiger partial charge in [-0.3, -0.25) is 4.79 Å². The number of esters is 1. The molecule has 1 heterocycles. The Morgan fingerprint density at radius 3 is 2.75 bits per heavy atom. The number of aromatic hydroxyl groups is 1. The lowest BCUT2D eigenvalue weighted by atomic mass is 10.3. The van der Waals surface area contributed by atoms with Crippen molar-refractivity contribution in [1.29, 1.82) is 0 Å². The first-order valence-corrected chi connectivity index (χ1v) is 4.81.